The van der Waals surface area contributed by atoms with Crippen molar-refractivity contribution in [1.29, 1.82) is 0 Å². The molecule has 6 atom stereocenters. The van der Waals surface area contributed by atoms with E-state index in [1.165, 1.54) is 4.90 Å². The average Bonchev–Trinajstić information content (AvgIpc) is 3.09. The maximum absolute atomic E-state index is 13.7. The number of fused-ring (bicyclic) bond motifs is 1. The molecule has 1 aliphatic carbocycles. The van der Waals surface area contributed by atoms with Crippen molar-refractivity contribution in [2.45, 2.75) is 76.8 Å². The number of likely N-dealkylation sites (tertiary alicyclic amines) is 1. The van der Waals surface area contributed by atoms with Crippen molar-refractivity contribution < 1.29 is 32.8 Å². The Balaban J connectivity index is 1.83. The van der Waals surface area contributed by atoms with Crippen LogP contribution in [0.25, 0.3) is 0 Å². The number of primary amides is 1. The summed E-state index contributed by atoms with van der Waals surface area (Å²) < 4.78 is 27.1. The van der Waals surface area contributed by atoms with Crippen LogP contribution in [-0.2, 0) is 24.0 Å². The Morgan fingerprint density at radius 3 is 2.35 bits per heavy atom. The third kappa shape index (κ3) is 6.06. The van der Waals surface area contributed by atoms with Crippen molar-refractivity contribution >= 4 is 45.5 Å². The lowest BCUT2D eigenvalue weighted by molar-refractivity contribution is -0.148. The minimum absolute atomic E-state index is 0.0164. The van der Waals surface area contributed by atoms with Crippen LogP contribution >= 0.6 is 15.9 Å². The second-order valence-corrected chi connectivity index (χ2v) is 13.0. The zero-order valence-electron chi connectivity index (χ0n) is 21.7. The molecule has 1 saturated carbocycles. The summed E-state index contributed by atoms with van der Waals surface area (Å²) in [6.45, 7) is 9.55. The van der Waals surface area contributed by atoms with Crippen molar-refractivity contribution in [2.24, 2.45) is 34.3 Å². The van der Waals surface area contributed by atoms with E-state index in [2.05, 4.69) is 16.0 Å². The minimum Gasteiger partial charge on any atom is -0.368 e. The van der Waals surface area contributed by atoms with Gasteiger partial charge in [0.05, 0.1) is 0 Å². The number of carbonyl (C=O) groups excluding carboxylic acids is 5. The summed E-state index contributed by atoms with van der Waals surface area (Å²) in [5.41, 5.74) is 4.35. The molecule has 0 aromatic rings. The van der Waals surface area contributed by atoms with Gasteiger partial charge in [0.1, 0.15) is 18.1 Å². The summed E-state index contributed by atoms with van der Waals surface area (Å²) >= 11 is 2.02. The highest BCUT2D eigenvalue weighted by Gasteiger charge is 2.70. The Hall–Kier alpha value is -2.31. The van der Waals surface area contributed by atoms with Crippen LogP contribution in [0.3, 0.4) is 0 Å². The lowest BCUT2D eigenvalue weighted by Gasteiger charge is -2.38. The van der Waals surface area contributed by atoms with Gasteiger partial charge in [0, 0.05) is 34.9 Å². The number of piperidine rings is 2. The number of hydrogen-bond acceptors (Lipinski definition) is 5. The summed E-state index contributed by atoms with van der Waals surface area (Å²) in [7, 11) is 0. The zero-order chi connectivity index (χ0) is 28.1. The molecular weight excluding hydrogens is 556 g/mol. The van der Waals surface area contributed by atoms with Gasteiger partial charge in [0.15, 0.2) is 0 Å². The fourth-order valence-electron chi connectivity index (χ4n) is 5.69. The maximum atomic E-state index is 13.7. The lowest BCUT2D eigenvalue weighted by atomic mass is 9.85. The fraction of sp³-hybridized carbons (Fsp3) is 0.792. The molecule has 5 N–H and O–H groups in total. The summed E-state index contributed by atoms with van der Waals surface area (Å²) in [4.78, 5) is 61.0. The Morgan fingerprint density at radius 2 is 1.84 bits per heavy atom. The number of halogens is 3. The Morgan fingerprint density at radius 1 is 1.22 bits per heavy atom. The molecule has 2 saturated heterocycles. The van der Waals surface area contributed by atoms with Gasteiger partial charge >= 0.3 is 10.7 Å². The smallest absolute Gasteiger partial charge is 0.368 e. The predicted molar refractivity (Wildman–Crippen MR) is 133 cm³/mol. The van der Waals surface area contributed by atoms with E-state index in [1.54, 1.807) is 20.8 Å². The molecule has 37 heavy (non-hydrogen) atoms. The number of carbonyl (C=O) groups is 5. The van der Waals surface area contributed by atoms with E-state index in [0.29, 0.717) is 13.0 Å². The molecule has 13 heteroatoms. The average molecular weight is 592 g/mol. The first-order chi connectivity index (χ1) is 16.9. The second-order valence-electron chi connectivity index (χ2n) is 12.0. The topological polar surface area (TPSA) is 151 Å². The number of nitrogens with zero attached hydrogens (tertiary/aromatic N) is 1. The number of rotatable bonds is 8. The molecule has 3 aliphatic rings. The van der Waals surface area contributed by atoms with Gasteiger partial charge in [0.25, 0.3) is 0 Å². The van der Waals surface area contributed by atoms with E-state index < -0.39 is 57.9 Å². The van der Waals surface area contributed by atoms with Gasteiger partial charge in [-0.05, 0) is 41.9 Å². The largest absolute Gasteiger partial charge is 0.377 e. The third-order valence-electron chi connectivity index (χ3n) is 7.99. The van der Waals surface area contributed by atoms with E-state index in [1.807, 2.05) is 29.8 Å². The van der Waals surface area contributed by atoms with Gasteiger partial charge < -0.3 is 26.6 Å². The first-order valence-electron chi connectivity index (χ1n) is 12.4. The van der Waals surface area contributed by atoms with Crippen molar-refractivity contribution in [3.8, 4) is 0 Å². The Labute approximate surface area is 223 Å². The monoisotopic (exact) mass is 591 g/mol. The first-order valence-corrected chi connectivity index (χ1v) is 13.2. The molecule has 0 aromatic carbocycles. The summed E-state index contributed by atoms with van der Waals surface area (Å²) in [5, 5.41) is 7.51. The summed E-state index contributed by atoms with van der Waals surface area (Å²) in [6, 6.07) is -3.44. The molecule has 0 bridgehead atoms. The molecule has 2 heterocycles. The number of nitrogens with two attached hydrogens (primary N) is 1. The van der Waals surface area contributed by atoms with Crippen molar-refractivity contribution in [3.63, 3.8) is 0 Å². The molecule has 0 aromatic heterocycles. The van der Waals surface area contributed by atoms with Crippen LogP contribution in [0.1, 0.15) is 53.9 Å². The normalized spacial score (nSPS) is 28.4. The van der Waals surface area contributed by atoms with E-state index in [0.717, 1.165) is 6.42 Å². The van der Waals surface area contributed by atoms with Gasteiger partial charge in [-0.2, -0.15) is 8.78 Å². The number of hydrogen-bond donors (Lipinski definition) is 4. The number of nitrogens with one attached hydrogen (secondary N) is 3. The quantitative estimate of drug-likeness (QED) is 0.309. The van der Waals surface area contributed by atoms with Crippen LogP contribution in [0.4, 0.5) is 8.78 Å². The standard InChI is InChI=1S/C24H36BrF2N5O5/c1-22(2,3)16(31-21(37)24(25,26)27)20(36)32-10-12-14(23(12,4)5)15(32)19(35)30-13(17(28)33)9-11-7-6-8-29-18(11)34/h11-16H,6-10H2,1-5H3,(H2,28,33)(H,29,34)(H,30,35)(H,31,37)/t11-,12-,13-,14-,15-,16+/m0/s1. The highest BCUT2D eigenvalue weighted by Crippen LogP contribution is 2.65. The molecule has 0 spiro atoms. The molecule has 10 nitrogen and oxygen atoms in total. The Kier molecular flexibility index (Phi) is 7.99. The summed E-state index contributed by atoms with van der Waals surface area (Å²) in [5.74, 6) is -4.65. The van der Waals surface area contributed by atoms with E-state index >= 15 is 0 Å². The molecule has 3 fully saturated rings. The SMILES string of the molecule is CC(C)(C)[C@H](NC(=O)C(F)(F)Br)C(=O)N1C[C@H]2[C@@H]([C@H]1C(=O)N[C@@H](C[C@@H]1CCCNC1=O)C(N)=O)C2(C)C. The van der Waals surface area contributed by atoms with Gasteiger partial charge in [-0.15, -0.1) is 0 Å². The maximum Gasteiger partial charge on any atom is 0.377 e. The predicted octanol–water partition coefficient (Wildman–Crippen LogP) is 0.874. The molecule has 5 amide bonds. The van der Waals surface area contributed by atoms with Gasteiger partial charge in [-0.1, -0.05) is 34.6 Å². The highest BCUT2D eigenvalue weighted by atomic mass is 79.9. The third-order valence-corrected chi connectivity index (χ3v) is 8.35. The van der Waals surface area contributed by atoms with Crippen LogP contribution in [0.15, 0.2) is 0 Å². The second kappa shape index (κ2) is 10.1. The van der Waals surface area contributed by atoms with Gasteiger partial charge in [0.2, 0.25) is 23.6 Å². The Bertz CT molecular complexity index is 980. The van der Waals surface area contributed by atoms with Gasteiger partial charge in [-0.3, -0.25) is 24.0 Å². The molecule has 0 radical (unpaired) electrons. The van der Waals surface area contributed by atoms with Crippen LogP contribution in [-0.4, -0.2) is 70.5 Å². The van der Waals surface area contributed by atoms with Crippen LogP contribution in [0.2, 0.25) is 0 Å². The van der Waals surface area contributed by atoms with Crippen molar-refractivity contribution in [2.75, 3.05) is 13.1 Å². The zero-order valence-corrected chi connectivity index (χ0v) is 23.3. The van der Waals surface area contributed by atoms with Crippen LogP contribution in [0.5, 0.6) is 0 Å². The fourth-order valence-corrected chi connectivity index (χ4v) is 5.80. The van der Waals surface area contributed by atoms with Crippen molar-refractivity contribution in [1.82, 2.24) is 20.9 Å². The van der Waals surface area contributed by atoms with Crippen LogP contribution in [0, 0.1) is 28.6 Å². The van der Waals surface area contributed by atoms with E-state index in [-0.39, 0.29) is 36.1 Å². The molecule has 3 rings (SSSR count). The molecule has 208 valence electrons. The summed E-state index contributed by atoms with van der Waals surface area (Å²) in [6.07, 6.45) is 1.33. The van der Waals surface area contributed by atoms with E-state index in [9.17, 15) is 32.8 Å². The van der Waals surface area contributed by atoms with Gasteiger partial charge in [-0.25, -0.2) is 0 Å². The lowest BCUT2D eigenvalue weighted by Crippen LogP contribution is -2.61. The minimum atomic E-state index is -3.87. The van der Waals surface area contributed by atoms with Crippen molar-refractivity contribution in [3.05, 3.63) is 0 Å². The molecular formula is C24H36BrF2N5O5. The van der Waals surface area contributed by atoms with E-state index in [4.69, 9.17) is 5.73 Å². The number of amides is 5. The number of alkyl halides is 3. The first kappa shape index (κ1) is 29.2. The molecule has 0 unspecified atom stereocenters. The van der Waals surface area contributed by atoms with Crippen LogP contribution < -0.4 is 21.7 Å². The molecule has 2 aliphatic heterocycles. The highest BCUT2D eigenvalue weighted by molar-refractivity contribution is 9.10.